The molecule has 1 aromatic carbocycles. The van der Waals surface area contributed by atoms with Gasteiger partial charge in [0.2, 0.25) is 0 Å². The number of rotatable bonds is 2. The van der Waals surface area contributed by atoms with Gasteiger partial charge in [-0.3, -0.25) is 9.10 Å². The summed E-state index contributed by atoms with van der Waals surface area (Å²) in [6.07, 6.45) is -4.69. The normalized spacial score (nSPS) is 21.2. The Kier molecular flexibility index (Phi) is 5.48. The molecule has 0 amide bonds. The van der Waals surface area contributed by atoms with Crippen LogP contribution in [0.2, 0.25) is 10.0 Å². The Balaban J connectivity index is 2.54. The lowest BCUT2D eigenvalue weighted by Crippen LogP contribution is -2.53. The number of alkyl halides is 3. The lowest BCUT2D eigenvalue weighted by Gasteiger charge is -2.38. The maximum Gasteiger partial charge on any atom is 0.416 e. The van der Waals surface area contributed by atoms with Crippen molar-refractivity contribution < 1.29 is 31.2 Å². The first-order chi connectivity index (χ1) is 11.3. The average Bonchev–Trinajstić information content (AvgIpc) is 2.41. The van der Waals surface area contributed by atoms with E-state index in [1.54, 1.807) is 6.92 Å². The fraction of sp³-hybridized carbons (Fsp3) is 0.462. The zero-order chi connectivity index (χ0) is 19.2. The lowest BCUT2D eigenvalue weighted by molar-refractivity contribution is -0.168. The van der Waals surface area contributed by atoms with Gasteiger partial charge >= 0.3 is 22.4 Å². The molecular weight excluding hydrogens is 408 g/mol. The first-order valence-corrected chi connectivity index (χ1v) is 9.04. The summed E-state index contributed by atoms with van der Waals surface area (Å²) in [5.74, 6) is -1.17. The Morgan fingerprint density at radius 2 is 1.76 bits per heavy atom. The van der Waals surface area contributed by atoms with Crippen LogP contribution in [0.5, 0.6) is 0 Å². The molecule has 0 N–H and O–H groups in total. The second kappa shape index (κ2) is 6.82. The minimum Gasteiger partial charge on any atom is -0.352 e. The van der Waals surface area contributed by atoms with Crippen LogP contribution in [0.1, 0.15) is 19.4 Å². The number of hydrogen-bond acceptors (Lipinski definition) is 4. The molecule has 1 atom stereocenters. The van der Waals surface area contributed by atoms with Crippen molar-refractivity contribution in [1.82, 2.24) is 4.47 Å². The Hall–Kier alpha value is -1.23. The van der Waals surface area contributed by atoms with Gasteiger partial charge in [-0.25, -0.2) is 0 Å². The zero-order valence-corrected chi connectivity index (χ0v) is 15.3. The molecule has 0 saturated carbocycles. The number of carbonyl (C=O) groups is 1. The van der Waals surface area contributed by atoms with Crippen LogP contribution in [-0.4, -0.2) is 31.9 Å². The number of carbonyl (C=O) groups excluding carboxylic acids is 1. The highest BCUT2D eigenvalue weighted by Crippen LogP contribution is 2.42. The maximum atomic E-state index is 12.8. The molecule has 140 valence electrons. The molecule has 6 nitrogen and oxygen atoms in total. The van der Waals surface area contributed by atoms with Crippen molar-refractivity contribution in [3.63, 3.8) is 0 Å². The molecule has 0 aromatic heterocycles. The molecule has 0 spiro atoms. The molecule has 1 unspecified atom stereocenters. The van der Waals surface area contributed by atoms with E-state index in [0.717, 1.165) is 11.2 Å². The molecule has 0 radical (unpaired) electrons. The van der Waals surface area contributed by atoms with E-state index in [1.807, 2.05) is 0 Å². The van der Waals surface area contributed by atoms with Crippen molar-refractivity contribution in [2.75, 3.05) is 17.4 Å². The Labute approximate surface area is 152 Å². The summed E-state index contributed by atoms with van der Waals surface area (Å²) in [4.78, 5) is 15.8. The third-order valence-electron chi connectivity index (χ3n) is 3.30. The largest absolute Gasteiger partial charge is 0.416 e. The quantitative estimate of drug-likeness (QED) is 0.734. The predicted molar refractivity (Wildman–Crippen MR) is 85.4 cm³/mol. The van der Waals surface area contributed by atoms with Crippen LogP contribution < -0.4 is 4.31 Å². The van der Waals surface area contributed by atoms with Crippen LogP contribution in [0.4, 0.5) is 18.9 Å². The van der Waals surface area contributed by atoms with Gasteiger partial charge in [-0.15, -0.1) is 0 Å². The fourth-order valence-corrected chi connectivity index (χ4v) is 4.82. The number of hydrogen-bond donors (Lipinski definition) is 0. The molecule has 1 aliphatic rings. The standard InChI is InChI=1S/C13H13Cl2F3N2O4S/c1-7-5-19(25(22,23)20(6-7)24-8(2)21)12-10(14)3-9(4-11(12)15)13(16,17)18/h3-4,7H,5-6H2,1-2H3. The number of anilines is 1. The van der Waals surface area contributed by atoms with Crippen molar-refractivity contribution in [1.29, 1.82) is 0 Å². The monoisotopic (exact) mass is 420 g/mol. The lowest BCUT2D eigenvalue weighted by atomic mass is 10.1. The number of halogens is 5. The van der Waals surface area contributed by atoms with E-state index in [2.05, 4.69) is 4.84 Å². The van der Waals surface area contributed by atoms with Gasteiger partial charge < -0.3 is 4.84 Å². The van der Waals surface area contributed by atoms with E-state index in [9.17, 15) is 26.4 Å². The second-order valence-electron chi connectivity index (χ2n) is 5.50. The summed E-state index contributed by atoms with van der Waals surface area (Å²) in [6, 6.07) is 1.18. The van der Waals surface area contributed by atoms with E-state index in [0.29, 0.717) is 16.6 Å². The van der Waals surface area contributed by atoms with Gasteiger partial charge in [0.15, 0.2) is 0 Å². The molecule has 0 bridgehead atoms. The second-order valence-corrected chi connectivity index (χ2v) is 8.06. The molecule has 12 heteroatoms. The average molecular weight is 421 g/mol. The summed E-state index contributed by atoms with van der Waals surface area (Å²) < 4.78 is 64.9. The third kappa shape index (κ3) is 4.13. The van der Waals surface area contributed by atoms with E-state index in [4.69, 9.17) is 23.2 Å². The minimum atomic E-state index is -4.69. The van der Waals surface area contributed by atoms with Crippen molar-refractivity contribution in [3.05, 3.63) is 27.7 Å². The van der Waals surface area contributed by atoms with Gasteiger partial charge in [0.05, 0.1) is 27.8 Å². The zero-order valence-electron chi connectivity index (χ0n) is 13.0. The van der Waals surface area contributed by atoms with Gasteiger partial charge in [-0.05, 0) is 22.5 Å². The molecular formula is C13H13Cl2F3N2O4S. The summed E-state index contributed by atoms with van der Waals surface area (Å²) >= 11 is 11.8. The number of hydroxylamine groups is 1. The van der Waals surface area contributed by atoms with Crippen LogP contribution in [0.15, 0.2) is 12.1 Å². The molecule has 1 aliphatic heterocycles. The predicted octanol–water partition coefficient (Wildman–Crippen LogP) is 3.49. The van der Waals surface area contributed by atoms with E-state index in [-0.39, 0.29) is 24.7 Å². The maximum absolute atomic E-state index is 12.8. The summed E-state index contributed by atoms with van der Waals surface area (Å²) in [5, 5.41) is -0.972. The highest BCUT2D eigenvalue weighted by atomic mass is 35.5. The van der Waals surface area contributed by atoms with Gasteiger partial charge in [0.25, 0.3) is 0 Å². The Morgan fingerprint density at radius 1 is 1.24 bits per heavy atom. The van der Waals surface area contributed by atoms with Gasteiger partial charge in [-0.2, -0.15) is 21.6 Å². The van der Waals surface area contributed by atoms with Crippen molar-refractivity contribution >= 4 is 45.1 Å². The van der Waals surface area contributed by atoms with Crippen molar-refractivity contribution in [2.45, 2.75) is 20.0 Å². The molecule has 1 saturated heterocycles. The van der Waals surface area contributed by atoms with Crippen LogP contribution in [0.25, 0.3) is 0 Å². The molecule has 25 heavy (non-hydrogen) atoms. The van der Waals surface area contributed by atoms with Crippen LogP contribution >= 0.6 is 23.2 Å². The highest BCUT2D eigenvalue weighted by molar-refractivity contribution is 7.90. The van der Waals surface area contributed by atoms with Crippen LogP contribution in [-0.2, 0) is 26.0 Å². The molecule has 0 aliphatic carbocycles. The SMILES string of the molecule is CC(=O)ON1CC(C)CN(c2c(Cl)cc(C(F)(F)F)cc2Cl)S1(=O)=O. The fourth-order valence-electron chi connectivity index (χ4n) is 2.30. The van der Waals surface area contributed by atoms with E-state index < -0.39 is 38.0 Å². The van der Waals surface area contributed by atoms with Crippen molar-refractivity contribution in [3.8, 4) is 0 Å². The highest BCUT2D eigenvalue weighted by Gasteiger charge is 2.42. The first kappa shape index (κ1) is 20.1. The Bertz CT molecular complexity index is 778. The van der Waals surface area contributed by atoms with E-state index >= 15 is 0 Å². The summed E-state index contributed by atoms with van der Waals surface area (Å²) in [5.41, 5.74) is -1.41. The summed E-state index contributed by atoms with van der Waals surface area (Å²) in [6.45, 7) is 2.50. The van der Waals surface area contributed by atoms with Gasteiger partial charge in [0, 0.05) is 13.5 Å². The molecule has 1 heterocycles. The number of benzene rings is 1. The smallest absolute Gasteiger partial charge is 0.352 e. The minimum absolute atomic E-state index is 0.0924. The Morgan fingerprint density at radius 3 is 2.20 bits per heavy atom. The first-order valence-electron chi connectivity index (χ1n) is 6.89. The number of nitrogens with zero attached hydrogens (tertiary/aromatic N) is 2. The van der Waals surface area contributed by atoms with Crippen LogP contribution in [0.3, 0.4) is 0 Å². The van der Waals surface area contributed by atoms with Crippen molar-refractivity contribution in [2.24, 2.45) is 5.92 Å². The molecule has 2 rings (SSSR count). The van der Waals surface area contributed by atoms with Gasteiger partial charge in [0.1, 0.15) is 0 Å². The van der Waals surface area contributed by atoms with E-state index in [1.165, 1.54) is 0 Å². The topological polar surface area (TPSA) is 66.9 Å². The molecule has 1 fully saturated rings. The van der Waals surface area contributed by atoms with Gasteiger partial charge in [-0.1, -0.05) is 30.1 Å². The third-order valence-corrected chi connectivity index (χ3v) is 5.50. The van der Waals surface area contributed by atoms with Crippen LogP contribution in [0, 0.1) is 5.92 Å². The molecule has 1 aromatic rings. The summed E-state index contributed by atoms with van der Waals surface area (Å²) in [7, 11) is -4.37.